The first-order valence-corrected chi connectivity index (χ1v) is 7.52. The van der Waals surface area contributed by atoms with Gasteiger partial charge in [0.05, 0.1) is 18.9 Å². The van der Waals surface area contributed by atoms with Gasteiger partial charge in [0.1, 0.15) is 0 Å². The molecule has 0 unspecified atom stereocenters. The fourth-order valence-corrected chi connectivity index (χ4v) is 2.53. The molecule has 0 amide bonds. The number of anilines is 1. The molecule has 1 aromatic rings. The predicted molar refractivity (Wildman–Crippen MR) is 75.7 cm³/mol. The maximum Gasteiger partial charge on any atom is 0.490 e. The van der Waals surface area contributed by atoms with Crippen LogP contribution < -0.4 is 10.2 Å². The monoisotopic (exact) mass is 390 g/mol. The first-order chi connectivity index (χ1) is 12.0. The summed E-state index contributed by atoms with van der Waals surface area (Å²) < 4.78 is 77.3. The second kappa shape index (κ2) is 7.70. The molecule has 0 spiro atoms. The number of nitrogens with one attached hydrogen (secondary N) is 1. The molecule has 3 heterocycles. The van der Waals surface area contributed by atoms with Gasteiger partial charge in [0.2, 0.25) is 5.82 Å². The van der Waals surface area contributed by atoms with E-state index >= 15 is 0 Å². The average molecular weight is 390 g/mol. The summed E-state index contributed by atoms with van der Waals surface area (Å²) in [6.07, 6.45) is -9.49. The first-order valence-electron chi connectivity index (χ1n) is 7.52. The van der Waals surface area contributed by atoms with Crippen molar-refractivity contribution in [3.05, 3.63) is 11.5 Å². The fraction of sp³-hybridized carbons (Fsp3) is 0.692. The highest BCUT2D eigenvalue weighted by Crippen LogP contribution is 2.34. The van der Waals surface area contributed by atoms with Gasteiger partial charge in [0.25, 0.3) is 0 Å². The zero-order chi connectivity index (χ0) is 19.5. The van der Waals surface area contributed by atoms with E-state index in [4.69, 9.17) is 14.6 Å². The third-order valence-corrected chi connectivity index (χ3v) is 3.66. The number of carboxylic acid groups (broad SMARTS) is 1. The zero-order valence-electron chi connectivity index (χ0n) is 13.3. The third kappa shape index (κ3) is 4.78. The minimum Gasteiger partial charge on any atom is -0.475 e. The number of carbonyl (C=O) groups is 1. The lowest BCUT2D eigenvalue weighted by Gasteiger charge is -2.28. The van der Waals surface area contributed by atoms with E-state index < -0.39 is 24.1 Å². The number of halogens is 6. The molecule has 2 N–H and O–H groups in total. The number of carboxylic acids is 1. The highest BCUT2D eigenvalue weighted by atomic mass is 19.4. The SMILES string of the molecule is FC(F)(F)c1nc(N2CCOCC2)c2n1CCNC2.O=C(O)C(F)(F)F. The van der Waals surface area contributed by atoms with Crippen molar-refractivity contribution in [1.29, 1.82) is 0 Å². The summed E-state index contributed by atoms with van der Waals surface area (Å²) in [6, 6.07) is 0. The molecule has 1 fully saturated rings. The Labute approximate surface area is 143 Å². The summed E-state index contributed by atoms with van der Waals surface area (Å²) >= 11 is 0. The molecule has 0 aromatic carbocycles. The number of rotatable bonds is 1. The summed E-state index contributed by atoms with van der Waals surface area (Å²) in [6.45, 7) is 3.50. The number of alkyl halides is 6. The van der Waals surface area contributed by atoms with E-state index in [9.17, 15) is 26.3 Å². The van der Waals surface area contributed by atoms with Gasteiger partial charge < -0.3 is 24.6 Å². The molecule has 0 radical (unpaired) electrons. The van der Waals surface area contributed by atoms with Crippen LogP contribution in [0.25, 0.3) is 0 Å². The average Bonchev–Trinajstić information content (AvgIpc) is 2.95. The maximum atomic E-state index is 13.0. The number of fused-ring (bicyclic) bond motifs is 1. The highest BCUT2D eigenvalue weighted by Gasteiger charge is 2.40. The summed E-state index contributed by atoms with van der Waals surface area (Å²) in [7, 11) is 0. The smallest absolute Gasteiger partial charge is 0.475 e. The van der Waals surface area contributed by atoms with Crippen LogP contribution in [-0.4, -0.2) is 59.7 Å². The summed E-state index contributed by atoms with van der Waals surface area (Å²) in [4.78, 5) is 14.6. The number of morpholine rings is 1. The molecule has 148 valence electrons. The number of aromatic nitrogens is 2. The molecule has 1 saturated heterocycles. The Balaban J connectivity index is 0.000000298. The van der Waals surface area contributed by atoms with Crippen LogP contribution in [0.2, 0.25) is 0 Å². The van der Waals surface area contributed by atoms with Crippen LogP contribution in [0, 0.1) is 0 Å². The first kappa shape index (κ1) is 20.3. The lowest BCUT2D eigenvalue weighted by molar-refractivity contribution is -0.192. The lowest BCUT2D eigenvalue weighted by Crippen LogP contribution is -2.38. The van der Waals surface area contributed by atoms with E-state index in [2.05, 4.69) is 10.3 Å². The van der Waals surface area contributed by atoms with Crippen molar-refractivity contribution in [3.8, 4) is 0 Å². The van der Waals surface area contributed by atoms with Crippen LogP contribution in [0.1, 0.15) is 11.5 Å². The third-order valence-electron chi connectivity index (χ3n) is 3.66. The molecule has 0 bridgehead atoms. The largest absolute Gasteiger partial charge is 0.490 e. The Kier molecular flexibility index (Phi) is 6.01. The minimum atomic E-state index is -5.08. The molecule has 26 heavy (non-hydrogen) atoms. The normalized spacial score (nSPS) is 18.0. The van der Waals surface area contributed by atoms with Crippen LogP contribution in [0.15, 0.2) is 0 Å². The number of nitrogens with zero attached hydrogens (tertiary/aromatic N) is 3. The molecule has 0 atom stereocenters. The molecule has 0 aliphatic carbocycles. The molecule has 2 aliphatic heterocycles. The Hall–Kier alpha value is -2.02. The van der Waals surface area contributed by atoms with Gasteiger partial charge in [0, 0.05) is 32.7 Å². The lowest BCUT2D eigenvalue weighted by atomic mass is 10.3. The topological polar surface area (TPSA) is 79.6 Å². The quantitative estimate of drug-likeness (QED) is 0.708. The van der Waals surface area contributed by atoms with Gasteiger partial charge in [-0.1, -0.05) is 0 Å². The van der Waals surface area contributed by atoms with E-state index in [1.165, 1.54) is 4.57 Å². The van der Waals surface area contributed by atoms with Gasteiger partial charge in [0.15, 0.2) is 5.82 Å². The van der Waals surface area contributed by atoms with E-state index in [0.717, 1.165) is 0 Å². The molecular formula is C13H16F6N4O3. The van der Waals surface area contributed by atoms with Crippen LogP contribution in [0.3, 0.4) is 0 Å². The van der Waals surface area contributed by atoms with E-state index in [1.54, 1.807) is 0 Å². The number of aliphatic carboxylic acids is 1. The number of hydrogen-bond acceptors (Lipinski definition) is 5. The van der Waals surface area contributed by atoms with Crippen molar-refractivity contribution in [1.82, 2.24) is 14.9 Å². The minimum absolute atomic E-state index is 0.307. The Morgan fingerprint density at radius 1 is 1.12 bits per heavy atom. The van der Waals surface area contributed by atoms with Crippen LogP contribution >= 0.6 is 0 Å². The Bertz CT molecular complexity index is 637. The standard InChI is InChI=1S/C11H15F3N4O.C2HF3O2/c12-11(13,14)10-16-9(17-3-5-19-6-4-17)8-7-15-1-2-18(8)10;3-2(4,5)1(6)7/h15H,1-7H2;(H,6,7). The van der Waals surface area contributed by atoms with Crippen molar-refractivity contribution in [2.75, 3.05) is 37.7 Å². The van der Waals surface area contributed by atoms with Crippen molar-refractivity contribution in [3.63, 3.8) is 0 Å². The van der Waals surface area contributed by atoms with Crippen LogP contribution in [-0.2, 0) is 28.8 Å². The number of imidazole rings is 1. The van der Waals surface area contributed by atoms with Gasteiger partial charge in [-0.2, -0.15) is 26.3 Å². The second-order valence-electron chi connectivity index (χ2n) is 5.43. The van der Waals surface area contributed by atoms with Crippen LogP contribution in [0.5, 0.6) is 0 Å². The molecule has 3 rings (SSSR count). The molecule has 2 aliphatic rings. The Morgan fingerprint density at radius 2 is 1.69 bits per heavy atom. The maximum absolute atomic E-state index is 13.0. The van der Waals surface area contributed by atoms with Gasteiger partial charge in [-0.25, -0.2) is 9.78 Å². The van der Waals surface area contributed by atoms with E-state index in [1.807, 2.05) is 4.90 Å². The molecular weight excluding hydrogens is 374 g/mol. The summed E-state index contributed by atoms with van der Waals surface area (Å²) in [5.74, 6) is -3.10. The highest BCUT2D eigenvalue weighted by molar-refractivity contribution is 5.73. The molecule has 7 nitrogen and oxygen atoms in total. The zero-order valence-corrected chi connectivity index (χ0v) is 13.3. The number of hydrogen-bond donors (Lipinski definition) is 2. The molecule has 0 saturated carbocycles. The van der Waals surface area contributed by atoms with E-state index in [-0.39, 0.29) is 0 Å². The fourth-order valence-electron chi connectivity index (χ4n) is 2.53. The van der Waals surface area contributed by atoms with E-state index in [0.29, 0.717) is 57.4 Å². The second-order valence-corrected chi connectivity index (χ2v) is 5.43. The summed E-state index contributed by atoms with van der Waals surface area (Å²) in [5, 5.41) is 10.2. The Morgan fingerprint density at radius 3 is 2.19 bits per heavy atom. The summed E-state index contributed by atoms with van der Waals surface area (Å²) in [5.41, 5.74) is 0.625. The molecule has 13 heteroatoms. The van der Waals surface area contributed by atoms with Gasteiger partial charge >= 0.3 is 18.3 Å². The molecule has 1 aromatic heterocycles. The van der Waals surface area contributed by atoms with Crippen LogP contribution in [0.4, 0.5) is 32.2 Å². The van der Waals surface area contributed by atoms with Gasteiger partial charge in [-0.3, -0.25) is 0 Å². The van der Waals surface area contributed by atoms with Crippen molar-refractivity contribution >= 4 is 11.8 Å². The van der Waals surface area contributed by atoms with Crippen molar-refractivity contribution in [2.45, 2.75) is 25.4 Å². The number of ether oxygens (including phenoxy) is 1. The van der Waals surface area contributed by atoms with Gasteiger partial charge in [-0.15, -0.1) is 0 Å². The van der Waals surface area contributed by atoms with Gasteiger partial charge in [-0.05, 0) is 0 Å². The predicted octanol–water partition coefficient (Wildman–Crippen LogP) is 1.47. The van der Waals surface area contributed by atoms with Crippen molar-refractivity contribution in [2.24, 2.45) is 0 Å². The van der Waals surface area contributed by atoms with Crippen molar-refractivity contribution < 1.29 is 41.0 Å².